The number of hydrogen-bond donors (Lipinski definition) is 2. The minimum atomic E-state index is 0.571. The molecule has 5 heteroatoms. The Balaban J connectivity index is 1.87. The van der Waals surface area contributed by atoms with E-state index in [1.807, 2.05) is 44.3 Å². The van der Waals surface area contributed by atoms with Gasteiger partial charge in [0.05, 0.1) is 5.69 Å². The third-order valence-corrected chi connectivity index (χ3v) is 3.37. The number of nitrogens with one attached hydrogen (secondary N) is 2. The van der Waals surface area contributed by atoms with E-state index in [1.165, 1.54) is 0 Å². The number of aryl methyl sites for hydroxylation is 1. The molecule has 0 saturated carbocycles. The Morgan fingerprint density at radius 1 is 1.05 bits per heavy atom. The molecular weight excluding hydrogens is 274 g/mol. The van der Waals surface area contributed by atoms with Crippen LogP contribution in [-0.4, -0.2) is 22.0 Å². The fourth-order valence-electron chi connectivity index (χ4n) is 2.17. The number of benzene rings is 1. The topological polar surface area (TPSA) is 62.7 Å². The van der Waals surface area contributed by atoms with Gasteiger partial charge in [0.25, 0.3) is 0 Å². The quantitative estimate of drug-likeness (QED) is 0.768. The van der Waals surface area contributed by atoms with Crippen molar-refractivity contribution in [3.05, 3.63) is 60.6 Å². The molecule has 0 aliphatic carbocycles. The maximum atomic E-state index is 4.54. The van der Waals surface area contributed by atoms with Gasteiger partial charge >= 0.3 is 0 Å². The molecule has 0 spiro atoms. The van der Waals surface area contributed by atoms with Gasteiger partial charge in [-0.15, -0.1) is 0 Å². The number of anilines is 3. The summed E-state index contributed by atoms with van der Waals surface area (Å²) in [6.45, 7) is 2.05. The molecule has 2 N–H and O–H groups in total. The maximum absolute atomic E-state index is 4.54. The van der Waals surface area contributed by atoms with Crippen molar-refractivity contribution in [2.24, 2.45) is 0 Å². The Labute approximate surface area is 129 Å². The highest BCUT2D eigenvalue weighted by Gasteiger charge is 2.05. The molecule has 5 nitrogen and oxygen atoms in total. The summed E-state index contributed by atoms with van der Waals surface area (Å²) in [6.07, 6.45) is 5.28. The first-order chi connectivity index (χ1) is 10.8. The molecule has 2 aromatic heterocycles. The van der Waals surface area contributed by atoms with Crippen molar-refractivity contribution in [1.29, 1.82) is 0 Å². The van der Waals surface area contributed by atoms with Crippen molar-refractivity contribution in [1.82, 2.24) is 15.0 Å². The molecule has 1 aromatic carbocycles. The monoisotopic (exact) mass is 291 g/mol. The van der Waals surface area contributed by atoms with E-state index in [0.29, 0.717) is 5.95 Å². The normalized spacial score (nSPS) is 10.3. The standard InChI is InChI=1S/C17H17N5/c1-12-10-14(18-2)5-6-15(12)21-17-20-9-7-16(22-17)13-4-3-8-19-11-13/h3-11,18H,1-2H3,(H,20,21,22). The third kappa shape index (κ3) is 3.03. The van der Waals surface area contributed by atoms with E-state index in [2.05, 4.69) is 31.7 Å². The van der Waals surface area contributed by atoms with Crippen LogP contribution in [0.3, 0.4) is 0 Å². The SMILES string of the molecule is CNc1ccc(Nc2nccc(-c3cccnc3)n2)c(C)c1. The molecule has 0 atom stereocenters. The van der Waals surface area contributed by atoms with Crippen molar-refractivity contribution in [2.75, 3.05) is 17.7 Å². The summed E-state index contributed by atoms with van der Waals surface area (Å²) in [4.78, 5) is 12.9. The van der Waals surface area contributed by atoms with Crippen LogP contribution in [0.5, 0.6) is 0 Å². The van der Waals surface area contributed by atoms with Crippen LogP contribution < -0.4 is 10.6 Å². The Morgan fingerprint density at radius 2 is 1.95 bits per heavy atom. The minimum Gasteiger partial charge on any atom is -0.388 e. The van der Waals surface area contributed by atoms with Gasteiger partial charge in [0.2, 0.25) is 5.95 Å². The zero-order chi connectivity index (χ0) is 15.4. The number of pyridine rings is 1. The second-order valence-corrected chi connectivity index (χ2v) is 4.91. The number of nitrogens with zero attached hydrogens (tertiary/aromatic N) is 3. The zero-order valence-electron chi connectivity index (χ0n) is 12.5. The molecule has 110 valence electrons. The first-order valence-corrected chi connectivity index (χ1v) is 7.05. The molecule has 0 bridgehead atoms. The predicted octanol–water partition coefficient (Wildman–Crippen LogP) is 3.63. The summed E-state index contributed by atoms with van der Waals surface area (Å²) in [5.41, 5.74) is 5.00. The molecular formula is C17H17N5. The largest absolute Gasteiger partial charge is 0.388 e. The Morgan fingerprint density at radius 3 is 2.68 bits per heavy atom. The van der Waals surface area contributed by atoms with Crippen LogP contribution in [0.25, 0.3) is 11.3 Å². The van der Waals surface area contributed by atoms with E-state index in [-0.39, 0.29) is 0 Å². The lowest BCUT2D eigenvalue weighted by atomic mass is 10.2. The second-order valence-electron chi connectivity index (χ2n) is 4.91. The molecule has 0 amide bonds. The van der Waals surface area contributed by atoms with Crippen molar-refractivity contribution in [3.63, 3.8) is 0 Å². The fraction of sp³-hybridized carbons (Fsp3) is 0.118. The van der Waals surface area contributed by atoms with Crippen LogP contribution in [0.15, 0.2) is 55.0 Å². The summed E-state index contributed by atoms with van der Waals surface area (Å²) < 4.78 is 0. The van der Waals surface area contributed by atoms with Crippen LogP contribution >= 0.6 is 0 Å². The first-order valence-electron chi connectivity index (χ1n) is 7.05. The lowest BCUT2D eigenvalue weighted by Crippen LogP contribution is -2.00. The van der Waals surface area contributed by atoms with Gasteiger partial charge < -0.3 is 10.6 Å². The molecule has 2 heterocycles. The van der Waals surface area contributed by atoms with Gasteiger partial charge in [0.1, 0.15) is 0 Å². The zero-order valence-corrected chi connectivity index (χ0v) is 12.5. The average Bonchev–Trinajstić information content (AvgIpc) is 2.58. The number of aromatic nitrogens is 3. The summed E-state index contributed by atoms with van der Waals surface area (Å²) in [7, 11) is 1.91. The number of rotatable bonds is 4. The van der Waals surface area contributed by atoms with Crippen molar-refractivity contribution >= 4 is 17.3 Å². The Kier molecular flexibility index (Phi) is 3.96. The van der Waals surface area contributed by atoms with Gasteiger partial charge in [-0.1, -0.05) is 0 Å². The fourth-order valence-corrected chi connectivity index (χ4v) is 2.17. The average molecular weight is 291 g/mol. The van der Waals surface area contributed by atoms with Crippen LogP contribution in [-0.2, 0) is 0 Å². The summed E-state index contributed by atoms with van der Waals surface area (Å²) in [5.74, 6) is 0.571. The van der Waals surface area contributed by atoms with Crippen molar-refractivity contribution in [2.45, 2.75) is 6.92 Å². The van der Waals surface area contributed by atoms with Gasteiger partial charge in [0, 0.05) is 42.6 Å². The smallest absolute Gasteiger partial charge is 0.227 e. The Bertz CT molecular complexity index is 771. The van der Waals surface area contributed by atoms with Gasteiger partial charge in [-0.2, -0.15) is 0 Å². The van der Waals surface area contributed by atoms with Crippen LogP contribution in [0, 0.1) is 6.92 Å². The molecule has 0 unspecified atom stereocenters. The maximum Gasteiger partial charge on any atom is 0.227 e. The van der Waals surface area contributed by atoms with E-state index < -0.39 is 0 Å². The van der Waals surface area contributed by atoms with E-state index in [0.717, 1.165) is 28.2 Å². The van der Waals surface area contributed by atoms with E-state index in [1.54, 1.807) is 18.6 Å². The minimum absolute atomic E-state index is 0.571. The highest BCUT2D eigenvalue weighted by atomic mass is 15.1. The summed E-state index contributed by atoms with van der Waals surface area (Å²) >= 11 is 0. The van der Waals surface area contributed by atoms with Gasteiger partial charge in [-0.05, 0) is 48.9 Å². The lowest BCUT2D eigenvalue weighted by molar-refractivity contribution is 1.16. The van der Waals surface area contributed by atoms with Gasteiger partial charge in [-0.25, -0.2) is 9.97 Å². The van der Waals surface area contributed by atoms with Crippen LogP contribution in [0.1, 0.15) is 5.56 Å². The molecule has 0 saturated heterocycles. The number of hydrogen-bond acceptors (Lipinski definition) is 5. The molecule has 0 radical (unpaired) electrons. The first kappa shape index (κ1) is 14.0. The Hall–Kier alpha value is -2.95. The summed E-state index contributed by atoms with van der Waals surface area (Å²) in [6, 6.07) is 11.9. The summed E-state index contributed by atoms with van der Waals surface area (Å²) in [5, 5.41) is 6.39. The van der Waals surface area contributed by atoms with E-state index in [9.17, 15) is 0 Å². The second kappa shape index (κ2) is 6.22. The highest BCUT2D eigenvalue weighted by Crippen LogP contribution is 2.23. The van der Waals surface area contributed by atoms with Crippen LogP contribution in [0.4, 0.5) is 17.3 Å². The van der Waals surface area contributed by atoms with E-state index >= 15 is 0 Å². The lowest BCUT2D eigenvalue weighted by Gasteiger charge is -2.10. The molecule has 0 aliphatic rings. The molecule has 3 aromatic rings. The molecule has 0 aliphatic heterocycles. The highest BCUT2D eigenvalue weighted by molar-refractivity contribution is 5.65. The van der Waals surface area contributed by atoms with Crippen molar-refractivity contribution in [3.8, 4) is 11.3 Å². The van der Waals surface area contributed by atoms with E-state index in [4.69, 9.17) is 0 Å². The van der Waals surface area contributed by atoms with Crippen molar-refractivity contribution < 1.29 is 0 Å². The molecule has 0 fully saturated rings. The third-order valence-electron chi connectivity index (χ3n) is 3.37. The molecule has 3 rings (SSSR count). The van der Waals surface area contributed by atoms with Gasteiger partial charge in [0.15, 0.2) is 0 Å². The predicted molar refractivity (Wildman–Crippen MR) is 89.3 cm³/mol. The molecule has 22 heavy (non-hydrogen) atoms. The van der Waals surface area contributed by atoms with Crippen LogP contribution in [0.2, 0.25) is 0 Å². The van der Waals surface area contributed by atoms with Gasteiger partial charge in [-0.3, -0.25) is 4.98 Å².